The lowest BCUT2D eigenvalue weighted by molar-refractivity contribution is -0.384. The number of thiocarbonyl (C=S) groups is 1. The molecule has 0 saturated carbocycles. The first-order valence-electron chi connectivity index (χ1n) is 9.38. The minimum atomic E-state index is -0.681. The van der Waals surface area contributed by atoms with Crippen LogP contribution in [0.3, 0.4) is 0 Å². The maximum Gasteiger partial charge on any atom is 0.273 e. The number of nitro benzene ring substituents is 1. The molecule has 166 valence electrons. The second-order valence-corrected chi connectivity index (χ2v) is 7.55. The van der Waals surface area contributed by atoms with Crippen LogP contribution in [0.15, 0.2) is 64.6 Å². The van der Waals surface area contributed by atoms with Gasteiger partial charge >= 0.3 is 0 Å². The van der Waals surface area contributed by atoms with E-state index < -0.39 is 16.7 Å². The first-order valence-corrected chi connectivity index (χ1v) is 10.2. The number of anilines is 1. The molecule has 2 heterocycles. The topological polar surface area (TPSA) is 115 Å². The van der Waals surface area contributed by atoms with Gasteiger partial charge in [-0.05, 0) is 48.6 Å². The maximum absolute atomic E-state index is 13.1. The molecule has 0 aliphatic carbocycles. The van der Waals surface area contributed by atoms with Crippen molar-refractivity contribution < 1.29 is 23.7 Å². The quantitative estimate of drug-likeness (QED) is 0.188. The van der Waals surface area contributed by atoms with Gasteiger partial charge in [0.05, 0.1) is 34.4 Å². The zero-order chi connectivity index (χ0) is 23.7. The molecule has 1 aromatic heterocycles. The Labute approximate surface area is 197 Å². The third kappa shape index (κ3) is 4.21. The highest BCUT2D eigenvalue weighted by atomic mass is 35.5. The number of methoxy groups -OCH3 is 1. The van der Waals surface area contributed by atoms with Gasteiger partial charge < -0.3 is 9.15 Å². The predicted octanol–water partition coefficient (Wildman–Crippen LogP) is 4.35. The number of para-hydroxylation sites is 1. The second-order valence-electron chi connectivity index (χ2n) is 6.75. The first kappa shape index (κ1) is 22.2. The molecule has 33 heavy (non-hydrogen) atoms. The monoisotopic (exact) mass is 483 g/mol. The number of ether oxygens (including phenoxy) is 1. The number of hydrogen-bond donors (Lipinski definition) is 1. The summed E-state index contributed by atoms with van der Waals surface area (Å²) in [6.45, 7) is 0. The first-order chi connectivity index (χ1) is 15.8. The van der Waals surface area contributed by atoms with Crippen LogP contribution in [0.1, 0.15) is 5.76 Å². The Kier molecular flexibility index (Phi) is 5.95. The van der Waals surface area contributed by atoms with Crippen molar-refractivity contribution in [3.63, 3.8) is 0 Å². The van der Waals surface area contributed by atoms with Crippen molar-refractivity contribution in [2.24, 2.45) is 0 Å². The molecule has 2 amide bonds. The molecule has 1 fully saturated rings. The summed E-state index contributed by atoms with van der Waals surface area (Å²) in [6.07, 6.45) is 1.28. The lowest BCUT2D eigenvalue weighted by atomic mass is 10.1. The van der Waals surface area contributed by atoms with Gasteiger partial charge in [-0.3, -0.25) is 29.9 Å². The van der Waals surface area contributed by atoms with E-state index in [9.17, 15) is 19.7 Å². The van der Waals surface area contributed by atoms with E-state index in [0.717, 1.165) is 4.90 Å². The zero-order valence-electron chi connectivity index (χ0n) is 16.9. The molecule has 0 radical (unpaired) electrons. The zero-order valence-corrected chi connectivity index (χ0v) is 18.5. The Morgan fingerprint density at radius 2 is 1.94 bits per heavy atom. The van der Waals surface area contributed by atoms with Crippen molar-refractivity contribution in [2.45, 2.75) is 0 Å². The van der Waals surface area contributed by atoms with Crippen molar-refractivity contribution in [3.05, 3.63) is 81.1 Å². The number of carbonyl (C=O) groups excluding carboxylic acids is 2. The Balaban J connectivity index is 1.69. The number of nitro groups is 1. The van der Waals surface area contributed by atoms with E-state index in [0.29, 0.717) is 17.0 Å². The lowest BCUT2D eigenvalue weighted by Gasteiger charge is -2.29. The summed E-state index contributed by atoms with van der Waals surface area (Å²) in [5.41, 5.74) is 0.451. The van der Waals surface area contributed by atoms with E-state index in [1.807, 2.05) is 0 Å². The van der Waals surface area contributed by atoms with Crippen molar-refractivity contribution in [2.75, 3.05) is 12.0 Å². The number of amides is 2. The van der Waals surface area contributed by atoms with Gasteiger partial charge in [0.25, 0.3) is 17.5 Å². The van der Waals surface area contributed by atoms with Gasteiger partial charge in [-0.25, -0.2) is 0 Å². The number of halogens is 1. The van der Waals surface area contributed by atoms with Crippen LogP contribution in [0, 0.1) is 10.1 Å². The maximum atomic E-state index is 13.1. The van der Waals surface area contributed by atoms with Gasteiger partial charge in [-0.2, -0.15) is 0 Å². The highest BCUT2D eigenvalue weighted by molar-refractivity contribution is 7.80. The minimum Gasteiger partial charge on any atom is -0.496 e. The molecule has 1 N–H and O–H groups in total. The van der Waals surface area contributed by atoms with Crippen molar-refractivity contribution in [1.29, 1.82) is 0 Å². The Bertz CT molecular complexity index is 1350. The van der Waals surface area contributed by atoms with Gasteiger partial charge in [0.1, 0.15) is 22.8 Å². The smallest absolute Gasteiger partial charge is 0.273 e. The number of nitrogens with zero attached hydrogens (tertiary/aromatic N) is 2. The summed E-state index contributed by atoms with van der Waals surface area (Å²) >= 11 is 11.4. The fraction of sp³-hybridized carbons (Fsp3) is 0.0455. The highest BCUT2D eigenvalue weighted by Crippen LogP contribution is 2.35. The van der Waals surface area contributed by atoms with Crippen LogP contribution in [0.5, 0.6) is 5.75 Å². The lowest BCUT2D eigenvalue weighted by Crippen LogP contribution is -2.54. The van der Waals surface area contributed by atoms with Crippen molar-refractivity contribution in [1.82, 2.24) is 5.32 Å². The van der Waals surface area contributed by atoms with Gasteiger partial charge in [0.15, 0.2) is 5.11 Å². The summed E-state index contributed by atoms with van der Waals surface area (Å²) in [5, 5.41) is 13.7. The Morgan fingerprint density at radius 1 is 1.18 bits per heavy atom. The summed E-state index contributed by atoms with van der Waals surface area (Å²) in [6, 6.07) is 13.8. The van der Waals surface area contributed by atoms with Crippen LogP contribution in [-0.4, -0.2) is 29.0 Å². The number of benzene rings is 2. The van der Waals surface area contributed by atoms with Crippen LogP contribution >= 0.6 is 23.8 Å². The van der Waals surface area contributed by atoms with Crippen LogP contribution in [0.2, 0.25) is 5.02 Å². The average molecular weight is 484 g/mol. The fourth-order valence-electron chi connectivity index (χ4n) is 3.22. The van der Waals surface area contributed by atoms with Crippen LogP contribution in [0.25, 0.3) is 17.4 Å². The second kappa shape index (κ2) is 8.85. The van der Waals surface area contributed by atoms with Gasteiger partial charge in [-0.1, -0.05) is 23.7 Å². The molecule has 2 aromatic carbocycles. The Morgan fingerprint density at radius 3 is 2.64 bits per heavy atom. The number of nitrogens with one attached hydrogen (secondary N) is 1. The van der Waals surface area contributed by atoms with E-state index in [1.54, 1.807) is 36.4 Å². The van der Waals surface area contributed by atoms with Crippen LogP contribution < -0.4 is 15.0 Å². The van der Waals surface area contributed by atoms with E-state index in [2.05, 4.69) is 5.32 Å². The number of carbonyl (C=O) groups is 2. The largest absolute Gasteiger partial charge is 0.496 e. The predicted molar refractivity (Wildman–Crippen MR) is 125 cm³/mol. The van der Waals surface area contributed by atoms with Crippen molar-refractivity contribution in [3.8, 4) is 17.1 Å². The molecule has 0 bridgehead atoms. The standard InChI is InChI=1S/C22H14ClN3O6S/c1-31-19-10-12(26(29)30)6-8-14(19)18-9-7-13(32-18)11-15-20(27)24-22(33)25(21(15)28)17-5-3-2-4-16(17)23/h2-11H,1H3,(H,24,27,33)/b15-11+. The molecular formula is C22H14ClN3O6S. The third-order valence-electron chi connectivity index (χ3n) is 4.77. The third-order valence-corrected chi connectivity index (χ3v) is 5.37. The van der Waals surface area contributed by atoms with Crippen LogP contribution in [0.4, 0.5) is 11.4 Å². The molecule has 1 saturated heterocycles. The van der Waals surface area contributed by atoms with E-state index >= 15 is 0 Å². The van der Waals surface area contributed by atoms with E-state index in [1.165, 1.54) is 31.4 Å². The molecular weight excluding hydrogens is 470 g/mol. The number of non-ortho nitro benzene ring substituents is 1. The van der Waals surface area contributed by atoms with Crippen molar-refractivity contribution >= 4 is 58.2 Å². The summed E-state index contributed by atoms with van der Waals surface area (Å²) < 4.78 is 11.0. The van der Waals surface area contributed by atoms with E-state index in [-0.39, 0.29) is 32.9 Å². The normalized spacial score (nSPS) is 15.0. The van der Waals surface area contributed by atoms with Gasteiger partial charge in [0.2, 0.25) is 0 Å². The molecule has 3 aromatic rings. The minimum absolute atomic E-state index is 0.0917. The molecule has 1 aliphatic heterocycles. The SMILES string of the molecule is COc1cc([N+](=O)[O-])ccc1-c1ccc(/C=C2\C(=O)NC(=S)N(c3ccccc3Cl)C2=O)o1. The molecule has 9 nitrogen and oxygen atoms in total. The molecule has 4 rings (SSSR count). The summed E-state index contributed by atoms with van der Waals surface area (Å²) in [5.74, 6) is -0.576. The average Bonchev–Trinajstić information content (AvgIpc) is 3.25. The highest BCUT2D eigenvalue weighted by Gasteiger charge is 2.35. The molecule has 0 spiro atoms. The number of hydrogen-bond acceptors (Lipinski definition) is 7. The van der Waals surface area contributed by atoms with E-state index in [4.69, 9.17) is 33.0 Å². The van der Waals surface area contributed by atoms with Gasteiger partial charge in [0, 0.05) is 6.07 Å². The molecule has 0 atom stereocenters. The summed E-state index contributed by atoms with van der Waals surface area (Å²) in [7, 11) is 1.38. The number of furan rings is 1. The van der Waals surface area contributed by atoms with Crippen LogP contribution in [-0.2, 0) is 9.59 Å². The Hall–Kier alpha value is -4.02. The summed E-state index contributed by atoms with van der Waals surface area (Å²) in [4.78, 5) is 37.2. The number of rotatable bonds is 5. The molecule has 1 aliphatic rings. The fourth-order valence-corrected chi connectivity index (χ4v) is 3.72. The molecule has 0 unspecified atom stereocenters. The van der Waals surface area contributed by atoms with Gasteiger partial charge in [-0.15, -0.1) is 0 Å². The molecule has 11 heteroatoms.